The molecule has 1 aliphatic heterocycles. The van der Waals surface area contributed by atoms with Crippen molar-refractivity contribution in [2.45, 2.75) is 31.7 Å². The molecule has 0 saturated carbocycles. The lowest BCUT2D eigenvalue weighted by atomic mass is 9.71. The van der Waals surface area contributed by atoms with Crippen LogP contribution in [0, 0.1) is 0 Å². The van der Waals surface area contributed by atoms with Crippen LogP contribution in [-0.2, 0) is 21.5 Å². The van der Waals surface area contributed by atoms with Crippen molar-refractivity contribution in [3.63, 3.8) is 0 Å². The van der Waals surface area contributed by atoms with Gasteiger partial charge in [-0.05, 0) is 42.7 Å². The molecule has 35 heavy (non-hydrogen) atoms. The van der Waals surface area contributed by atoms with Crippen LogP contribution in [0.1, 0.15) is 46.8 Å². The van der Waals surface area contributed by atoms with Crippen LogP contribution in [0.4, 0.5) is 5.82 Å². The van der Waals surface area contributed by atoms with Gasteiger partial charge in [0.2, 0.25) is 5.91 Å². The van der Waals surface area contributed by atoms with Gasteiger partial charge in [0.25, 0.3) is 0 Å². The normalized spacial score (nSPS) is 17.7. The fourth-order valence-corrected chi connectivity index (χ4v) is 4.88. The number of amides is 1. The number of esters is 1. The third-order valence-electron chi connectivity index (χ3n) is 6.77. The quantitative estimate of drug-likeness (QED) is 0.351. The van der Waals surface area contributed by atoms with E-state index in [9.17, 15) is 9.59 Å². The standard InChI is InChI=1S/C26H26ClN3O5/c1-15(16-6-8-17(9-7-16)24(31)35-5)26(2)21-22(27)28-14-29-23(21)30(25(26)32)13-18-10-11-19(33-3)12-20(18)34-4/h6-12,14-15H,13H2,1-5H3/t15-,26-/m1/s1. The molecule has 2 heterocycles. The molecular weight excluding hydrogens is 470 g/mol. The molecule has 182 valence electrons. The summed E-state index contributed by atoms with van der Waals surface area (Å²) in [6.45, 7) is 4.04. The molecule has 0 bridgehead atoms. The molecule has 0 saturated heterocycles. The van der Waals surface area contributed by atoms with Crippen LogP contribution in [0.25, 0.3) is 0 Å². The highest BCUT2D eigenvalue weighted by Gasteiger charge is 2.53. The second-order valence-corrected chi connectivity index (χ2v) is 8.83. The predicted molar refractivity (Wildman–Crippen MR) is 131 cm³/mol. The Morgan fingerprint density at radius 2 is 1.80 bits per heavy atom. The van der Waals surface area contributed by atoms with Gasteiger partial charge >= 0.3 is 5.97 Å². The highest BCUT2D eigenvalue weighted by molar-refractivity contribution is 6.32. The molecule has 0 radical (unpaired) electrons. The molecular formula is C26H26ClN3O5. The Balaban J connectivity index is 1.76. The van der Waals surface area contributed by atoms with Gasteiger partial charge in [-0.25, -0.2) is 14.8 Å². The molecule has 0 spiro atoms. The third kappa shape index (κ3) is 4.08. The first-order valence-corrected chi connectivity index (χ1v) is 11.4. The first kappa shape index (κ1) is 24.5. The summed E-state index contributed by atoms with van der Waals surface area (Å²) in [5.41, 5.74) is 1.62. The van der Waals surface area contributed by atoms with Gasteiger partial charge in [0.05, 0.1) is 38.9 Å². The number of halogens is 1. The molecule has 2 atom stereocenters. The minimum atomic E-state index is -1.04. The van der Waals surface area contributed by atoms with Gasteiger partial charge in [-0.15, -0.1) is 0 Å². The van der Waals surface area contributed by atoms with Gasteiger partial charge < -0.3 is 14.2 Å². The highest BCUT2D eigenvalue weighted by Crippen LogP contribution is 2.51. The summed E-state index contributed by atoms with van der Waals surface area (Å²) in [4.78, 5) is 36.1. The van der Waals surface area contributed by atoms with Crippen molar-refractivity contribution in [2.75, 3.05) is 26.2 Å². The Kier molecular flexibility index (Phi) is 6.67. The number of hydrogen-bond donors (Lipinski definition) is 0. The lowest BCUT2D eigenvalue weighted by Gasteiger charge is -2.31. The minimum absolute atomic E-state index is 0.155. The number of benzene rings is 2. The van der Waals surface area contributed by atoms with E-state index in [4.69, 9.17) is 25.8 Å². The van der Waals surface area contributed by atoms with Gasteiger partial charge in [-0.1, -0.05) is 30.7 Å². The van der Waals surface area contributed by atoms with Crippen molar-refractivity contribution in [3.8, 4) is 11.5 Å². The first-order valence-electron chi connectivity index (χ1n) is 11.0. The van der Waals surface area contributed by atoms with Crippen molar-refractivity contribution < 1.29 is 23.8 Å². The Labute approximate surface area is 208 Å². The topological polar surface area (TPSA) is 90.9 Å². The van der Waals surface area contributed by atoms with Crippen molar-refractivity contribution in [3.05, 3.63) is 76.2 Å². The van der Waals surface area contributed by atoms with Crippen LogP contribution in [0.5, 0.6) is 11.5 Å². The summed E-state index contributed by atoms with van der Waals surface area (Å²) in [5.74, 6) is 0.836. The van der Waals surface area contributed by atoms with E-state index < -0.39 is 11.4 Å². The summed E-state index contributed by atoms with van der Waals surface area (Å²) in [5, 5.41) is 0.230. The number of carbonyl (C=O) groups excluding carboxylic acids is 2. The second kappa shape index (κ2) is 9.54. The number of nitrogens with zero attached hydrogens (tertiary/aromatic N) is 3. The molecule has 2 aromatic carbocycles. The van der Waals surface area contributed by atoms with E-state index in [0.717, 1.165) is 11.1 Å². The van der Waals surface area contributed by atoms with Crippen LogP contribution < -0.4 is 14.4 Å². The predicted octanol–water partition coefficient (Wildman–Crippen LogP) is 4.54. The molecule has 1 aromatic heterocycles. The Bertz CT molecular complexity index is 1280. The maximum atomic E-state index is 14.1. The van der Waals surface area contributed by atoms with E-state index in [0.29, 0.717) is 28.4 Å². The fraction of sp³-hybridized carbons (Fsp3) is 0.308. The van der Waals surface area contributed by atoms with Crippen molar-refractivity contribution in [1.29, 1.82) is 0 Å². The van der Waals surface area contributed by atoms with Crippen molar-refractivity contribution >= 4 is 29.3 Å². The number of aromatic nitrogens is 2. The number of ether oxygens (including phenoxy) is 3. The molecule has 1 amide bonds. The molecule has 0 unspecified atom stereocenters. The van der Waals surface area contributed by atoms with Gasteiger partial charge in [-0.2, -0.15) is 0 Å². The molecule has 0 fully saturated rings. The lowest BCUT2D eigenvalue weighted by Crippen LogP contribution is -2.41. The summed E-state index contributed by atoms with van der Waals surface area (Å²) in [6.07, 6.45) is 1.36. The first-order chi connectivity index (χ1) is 16.8. The number of fused-ring (bicyclic) bond motifs is 1. The van der Waals surface area contributed by atoms with Crippen LogP contribution in [0.2, 0.25) is 5.15 Å². The molecule has 8 nitrogen and oxygen atoms in total. The average Bonchev–Trinajstić information content (AvgIpc) is 3.11. The summed E-state index contributed by atoms with van der Waals surface area (Å²) < 4.78 is 15.6. The minimum Gasteiger partial charge on any atom is -0.497 e. The molecule has 0 aliphatic carbocycles. The molecule has 4 rings (SSSR count). The van der Waals surface area contributed by atoms with Crippen molar-refractivity contribution in [1.82, 2.24) is 9.97 Å². The zero-order valence-electron chi connectivity index (χ0n) is 20.2. The smallest absolute Gasteiger partial charge is 0.337 e. The summed E-state index contributed by atoms with van der Waals surface area (Å²) in [6, 6.07) is 12.5. The molecule has 0 N–H and O–H groups in total. The second-order valence-electron chi connectivity index (χ2n) is 8.47. The number of carbonyl (C=O) groups is 2. The van der Waals surface area contributed by atoms with E-state index in [2.05, 4.69) is 9.97 Å². The Morgan fingerprint density at radius 3 is 2.43 bits per heavy atom. The molecule has 9 heteroatoms. The number of anilines is 1. The summed E-state index contributed by atoms with van der Waals surface area (Å²) >= 11 is 6.57. The van der Waals surface area contributed by atoms with Crippen molar-refractivity contribution in [2.24, 2.45) is 0 Å². The molecule has 1 aliphatic rings. The molecule has 3 aromatic rings. The maximum Gasteiger partial charge on any atom is 0.337 e. The summed E-state index contributed by atoms with van der Waals surface area (Å²) in [7, 11) is 4.49. The van der Waals surface area contributed by atoms with E-state index in [1.807, 2.05) is 38.1 Å². The number of methoxy groups -OCH3 is 3. The lowest BCUT2D eigenvalue weighted by molar-refractivity contribution is -0.123. The Hall–Kier alpha value is -3.65. The number of hydrogen-bond acceptors (Lipinski definition) is 7. The van der Waals surface area contributed by atoms with Crippen LogP contribution in [0.3, 0.4) is 0 Å². The van der Waals surface area contributed by atoms with E-state index in [1.165, 1.54) is 13.4 Å². The van der Waals surface area contributed by atoms with Crippen LogP contribution >= 0.6 is 11.6 Å². The fourth-order valence-electron chi connectivity index (χ4n) is 4.55. The largest absolute Gasteiger partial charge is 0.497 e. The van der Waals surface area contributed by atoms with E-state index >= 15 is 0 Å². The zero-order chi connectivity index (χ0) is 25.3. The highest BCUT2D eigenvalue weighted by atomic mass is 35.5. The van der Waals surface area contributed by atoms with Gasteiger partial charge in [-0.3, -0.25) is 9.69 Å². The Morgan fingerprint density at radius 1 is 1.09 bits per heavy atom. The monoisotopic (exact) mass is 495 g/mol. The van der Waals surface area contributed by atoms with Gasteiger partial charge in [0.1, 0.15) is 28.8 Å². The SMILES string of the molecule is COC(=O)c1ccc([C@@H](C)[C@@]2(C)C(=O)N(Cc3ccc(OC)cc3OC)c3ncnc(Cl)c32)cc1. The average molecular weight is 496 g/mol. The van der Waals surface area contributed by atoms with Gasteiger partial charge in [0, 0.05) is 17.2 Å². The van der Waals surface area contributed by atoms with E-state index in [1.54, 1.807) is 37.3 Å². The van der Waals surface area contributed by atoms with E-state index in [-0.39, 0.29) is 23.5 Å². The van der Waals surface area contributed by atoms with Crippen LogP contribution in [-0.4, -0.2) is 43.2 Å². The number of rotatable bonds is 7. The maximum absolute atomic E-state index is 14.1. The third-order valence-corrected chi connectivity index (χ3v) is 7.05. The van der Waals surface area contributed by atoms with Gasteiger partial charge in [0.15, 0.2) is 0 Å². The van der Waals surface area contributed by atoms with Crippen LogP contribution in [0.15, 0.2) is 48.8 Å². The zero-order valence-corrected chi connectivity index (χ0v) is 20.9.